The van der Waals surface area contributed by atoms with Gasteiger partial charge in [-0.3, -0.25) is 14.5 Å². The number of amides is 1. The van der Waals surface area contributed by atoms with Crippen molar-refractivity contribution >= 4 is 5.91 Å². The third kappa shape index (κ3) is 4.57. The molecule has 0 saturated carbocycles. The molecule has 0 aliphatic carbocycles. The zero-order chi connectivity index (χ0) is 18.5. The largest absolute Gasteiger partial charge is 0.346 e. The highest BCUT2D eigenvalue weighted by molar-refractivity contribution is 5.76. The highest BCUT2D eigenvalue weighted by Crippen LogP contribution is 2.17. The summed E-state index contributed by atoms with van der Waals surface area (Å²) in [5, 5.41) is 7.48. The van der Waals surface area contributed by atoms with E-state index in [0.29, 0.717) is 6.42 Å². The second kappa shape index (κ2) is 7.95. The standard InChI is InChI=1S/C21H24N4O/c1-15-7-9-18(10-8-15)13-20(19-6-4-5-11-22-19)23-21(26)14-25-17(3)12-16(2)24-25/h4-12,20H,13-14H2,1-3H3,(H,23,26). The number of hydrogen-bond acceptors (Lipinski definition) is 3. The predicted octanol–water partition coefficient (Wildman–Crippen LogP) is 3.30. The van der Waals surface area contributed by atoms with E-state index >= 15 is 0 Å². The zero-order valence-corrected chi connectivity index (χ0v) is 15.4. The van der Waals surface area contributed by atoms with Crippen molar-refractivity contribution in [2.45, 2.75) is 39.8 Å². The van der Waals surface area contributed by atoms with E-state index < -0.39 is 0 Å². The molecule has 0 fully saturated rings. The second-order valence-electron chi connectivity index (χ2n) is 6.65. The maximum atomic E-state index is 12.6. The van der Waals surface area contributed by atoms with Gasteiger partial charge >= 0.3 is 0 Å². The van der Waals surface area contributed by atoms with Crippen molar-refractivity contribution in [3.8, 4) is 0 Å². The average Bonchev–Trinajstić information content (AvgIpc) is 2.94. The Morgan fingerprint density at radius 2 is 1.88 bits per heavy atom. The lowest BCUT2D eigenvalue weighted by molar-refractivity contribution is -0.122. The number of aromatic nitrogens is 3. The molecule has 2 aromatic heterocycles. The molecule has 0 bridgehead atoms. The van der Waals surface area contributed by atoms with Gasteiger partial charge in [-0.05, 0) is 51.0 Å². The highest BCUT2D eigenvalue weighted by atomic mass is 16.2. The lowest BCUT2D eigenvalue weighted by Crippen LogP contribution is -2.33. The van der Waals surface area contributed by atoms with Crippen LogP contribution in [0.25, 0.3) is 0 Å². The van der Waals surface area contributed by atoms with Crippen LogP contribution in [0.15, 0.2) is 54.7 Å². The van der Waals surface area contributed by atoms with E-state index in [-0.39, 0.29) is 18.5 Å². The van der Waals surface area contributed by atoms with Crippen LogP contribution in [0, 0.1) is 20.8 Å². The molecule has 1 atom stereocenters. The van der Waals surface area contributed by atoms with Crippen LogP contribution in [-0.4, -0.2) is 20.7 Å². The molecule has 1 unspecified atom stereocenters. The molecular weight excluding hydrogens is 324 g/mol. The fourth-order valence-electron chi connectivity index (χ4n) is 2.98. The van der Waals surface area contributed by atoms with E-state index in [9.17, 15) is 4.79 Å². The summed E-state index contributed by atoms with van der Waals surface area (Å²) in [7, 11) is 0. The first kappa shape index (κ1) is 17.9. The van der Waals surface area contributed by atoms with Gasteiger partial charge in [-0.15, -0.1) is 0 Å². The molecule has 1 N–H and O–H groups in total. The van der Waals surface area contributed by atoms with Crippen LogP contribution < -0.4 is 5.32 Å². The second-order valence-corrected chi connectivity index (χ2v) is 6.65. The molecule has 1 aromatic carbocycles. The number of rotatable bonds is 6. The summed E-state index contributed by atoms with van der Waals surface area (Å²) in [6.45, 7) is 6.15. The van der Waals surface area contributed by atoms with Crippen molar-refractivity contribution in [1.29, 1.82) is 0 Å². The number of nitrogens with zero attached hydrogens (tertiary/aromatic N) is 3. The van der Waals surface area contributed by atoms with Gasteiger partial charge < -0.3 is 5.32 Å². The van der Waals surface area contributed by atoms with Crippen LogP contribution >= 0.6 is 0 Å². The van der Waals surface area contributed by atoms with Crippen molar-refractivity contribution in [1.82, 2.24) is 20.1 Å². The third-order valence-electron chi connectivity index (χ3n) is 4.34. The molecule has 2 heterocycles. The van der Waals surface area contributed by atoms with Gasteiger partial charge in [-0.25, -0.2) is 0 Å². The van der Waals surface area contributed by atoms with Gasteiger partial charge in [0.15, 0.2) is 0 Å². The number of pyridine rings is 1. The Morgan fingerprint density at radius 1 is 1.12 bits per heavy atom. The number of aryl methyl sites for hydroxylation is 3. The molecule has 0 aliphatic heterocycles. The van der Waals surface area contributed by atoms with Gasteiger partial charge in [0, 0.05) is 11.9 Å². The molecule has 5 heteroatoms. The molecule has 0 aliphatic rings. The van der Waals surface area contributed by atoms with Crippen LogP contribution in [0.3, 0.4) is 0 Å². The molecule has 3 aromatic rings. The summed E-state index contributed by atoms with van der Waals surface area (Å²) in [5.41, 5.74) is 5.13. The quantitative estimate of drug-likeness (QED) is 0.743. The fraction of sp³-hybridized carbons (Fsp3) is 0.286. The lowest BCUT2D eigenvalue weighted by atomic mass is 10.0. The van der Waals surface area contributed by atoms with Gasteiger partial charge in [0.1, 0.15) is 6.54 Å². The van der Waals surface area contributed by atoms with Crippen molar-refractivity contribution in [3.63, 3.8) is 0 Å². The smallest absolute Gasteiger partial charge is 0.242 e. The van der Waals surface area contributed by atoms with E-state index in [4.69, 9.17) is 0 Å². The molecule has 5 nitrogen and oxygen atoms in total. The minimum Gasteiger partial charge on any atom is -0.346 e. The van der Waals surface area contributed by atoms with Gasteiger partial charge in [0.25, 0.3) is 0 Å². The van der Waals surface area contributed by atoms with Crippen LogP contribution in [0.4, 0.5) is 0 Å². The number of nitrogens with one attached hydrogen (secondary N) is 1. The van der Waals surface area contributed by atoms with Crippen LogP contribution in [-0.2, 0) is 17.8 Å². The number of benzene rings is 1. The van der Waals surface area contributed by atoms with Crippen molar-refractivity contribution in [2.75, 3.05) is 0 Å². The van der Waals surface area contributed by atoms with Crippen LogP contribution in [0.5, 0.6) is 0 Å². The summed E-state index contributed by atoms with van der Waals surface area (Å²) in [4.78, 5) is 17.0. The molecule has 1 amide bonds. The Kier molecular flexibility index (Phi) is 5.46. The van der Waals surface area contributed by atoms with E-state index in [0.717, 1.165) is 22.6 Å². The SMILES string of the molecule is Cc1ccc(CC(NC(=O)Cn2nc(C)cc2C)c2ccccn2)cc1. The maximum absolute atomic E-state index is 12.6. The first-order valence-electron chi connectivity index (χ1n) is 8.78. The molecule has 134 valence electrons. The Balaban J connectivity index is 1.76. The molecule has 3 rings (SSSR count). The Hall–Kier alpha value is -2.95. The highest BCUT2D eigenvalue weighted by Gasteiger charge is 2.17. The molecule has 26 heavy (non-hydrogen) atoms. The van der Waals surface area contributed by atoms with Gasteiger partial charge in [-0.1, -0.05) is 35.9 Å². The lowest BCUT2D eigenvalue weighted by Gasteiger charge is -2.19. The molecular formula is C21H24N4O. The van der Waals surface area contributed by atoms with Crippen LogP contribution in [0.1, 0.15) is 34.3 Å². The Bertz CT molecular complexity index is 869. The molecule has 0 saturated heterocycles. The number of carbonyl (C=O) groups is 1. The number of hydrogen-bond donors (Lipinski definition) is 1. The minimum atomic E-state index is -0.177. The Labute approximate surface area is 154 Å². The van der Waals surface area contributed by atoms with Crippen LogP contribution in [0.2, 0.25) is 0 Å². The van der Waals surface area contributed by atoms with E-state index in [1.165, 1.54) is 5.56 Å². The summed E-state index contributed by atoms with van der Waals surface area (Å²) < 4.78 is 1.73. The van der Waals surface area contributed by atoms with Crippen molar-refractivity contribution in [3.05, 3.63) is 82.9 Å². The number of carbonyl (C=O) groups excluding carboxylic acids is 1. The maximum Gasteiger partial charge on any atom is 0.242 e. The van der Waals surface area contributed by atoms with Crippen molar-refractivity contribution in [2.24, 2.45) is 0 Å². The van der Waals surface area contributed by atoms with Gasteiger partial charge in [0.2, 0.25) is 5.91 Å². The van der Waals surface area contributed by atoms with E-state index in [1.54, 1.807) is 10.9 Å². The summed E-state index contributed by atoms with van der Waals surface area (Å²) >= 11 is 0. The van der Waals surface area contributed by atoms with Gasteiger partial charge in [0.05, 0.1) is 17.4 Å². The van der Waals surface area contributed by atoms with E-state index in [2.05, 4.69) is 46.6 Å². The molecule has 0 spiro atoms. The van der Waals surface area contributed by atoms with Gasteiger partial charge in [-0.2, -0.15) is 5.10 Å². The zero-order valence-electron chi connectivity index (χ0n) is 15.4. The molecule has 0 radical (unpaired) electrons. The monoisotopic (exact) mass is 348 g/mol. The summed E-state index contributed by atoms with van der Waals surface area (Å²) in [5.74, 6) is -0.0704. The normalized spacial score (nSPS) is 12.0. The third-order valence-corrected chi connectivity index (χ3v) is 4.34. The van der Waals surface area contributed by atoms with Crippen molar-refractivity contribution < 1.29 is 4.79 Å². The topological polar surface area (TPSA) is 59.8 Å². The first-order chi connectivity index (χ1) is 12.5. The predicted molar refractivity (Wildman–Crippen MR) is 102 cm³/mol. The summed E-state index contributed by atoms with van der Waals surface area (Å²) in [6.07, 6.45) is 2.45. The van der Waals surface area contributed by atoms with E-state index in [1.807, 2.05) is 38.1 Å². The first-order valence-corrected chi connectivity index (χ1v) is 8.78. The minimum absolute atomic E-state index is 0.0704. The fourth-order valence-corrected chi connectivity index (χ4v) is 2.98. The Morgan fingerprint density at radius 3 is 2.50 bits per heavy atom. The average molecular weight is 348 g/mol. The summed E-state index contributed by atoms with van der Waals surface area (Å²) in [6, 6.07) is 15.9.